The van der Waals surface area contributed by atoms with Crippen LogP contribution in [0.5, 0.6) is 0 Å². The highest BCUT2D eigenvalue weighted by molar-refractivity contribution is 7.13. The van der Waals surface area contributed by atoms with E-state index in [1.807, 2.05) is 13.8 Å². The number of hydrogen-bond donors (Lipinski definition) is 0. The van der Waals surface area contributed by atoms with Crippen molar-refractivity contribution in [3.63, 3.8) is 0 Å². The van der Waals surface area contributed by atoms with Crippen LogP contribution in [-0.2, 0) is 16.1 Å². The van der Waals surface area contributed by atoms with E-state index in [4.69, 9.17) is 4.74 Å². The van der Waals surface area contributed by atoms with Gasteiger partial charge in [-0.2, -0.15) is 4.37 Å². The maximum absolute atomic E-state index is 13.7. The summed E-state index contributed by atoms with van der Waals surface area (Å²) in [6.45, 7) is 11.2. The highest BCUT2D eigenvalue weighted by atomic mass is 32.1. The average Bonchev–Trinajstić information content (AvgIpc) is 3.15. The number of aryl methyl sites for hydroxylation is 2. The van der Waals surface area contributed by atoms with E-state index >= 15 is 0 Å². The number of fused-ring (bicyclic) bond motifs is 2. The molecule has 1 aromatic carbocycles. The van der Waals surface area contributed by atoms with Crippen LogP contribution < -0.4 is 11.2 Å². The Morgan fingerprint density at radius 3 is 2.62 bits per heavy atom. The molecule has 0 saturated carbocycles. The number of aromatic nitrogens is 4. The van der Waals surface area contributed by atoms with Gasteiger partial charge in [0.2, 0.25) is 0 Å². The van der Waals surface area contributed by atoms with E-state index in [-0.39, 0.29) is 18.5 Å². The van der Waals surface area contributed by atoms with Crippen molar-refractivity contribution in [2.75, 3.05) is 0 Å². The van der Waals surface area contributed by atoms with Gasteiger partial charge in [-0.3, -0.25) is 9.36 Å². The number of carbonyl (C=O) groups excluding carboxylic acids is 1. The number of esters is 1. The Morgan fingerprint density at radius 1 is 1.21 bits per heavy atom. The van der Waals surface area contributed by atoms with E-state index in [1.54, 1.807) is 39.8 Å². The zero-order chi connectivity index (χ0) is 24.8. The van der Waals surface area contributed by atoms with E-state index in [2.05, 4.69) is 21.5 Å². The molecule has 178 valence electrons. The van der Waals surface area contributed by atoms with Gasteiger partial charge in [0.15, 0.2) is 5.52 Å². The molecule has 0 aliphatic heterocycles. The van der Waals surface area contributed by atoms with E-state index < -0.39 is 28.9 Å². The third-order valence-corrected chi connectivity index (χ3v) is 6.44. The number of pyridine rings is 1. The Balaban J connectivity index is 1.94. The van der Waals surface area contributed by atoms with Gasteiger partial charge in [0.25, 0.3) is 5.56 Å². The van der Waals surface area contributed by atoms with Crippen LogP contribution in [0, 0.1) is 13.8 Å². The second kappa shape index (κ2) is 8.79. The molecule has 4 aromatic rings. The zero-order valence-corrected chi connectivity index (χ0v) is 21.0. The number of hydrogen-bond acceptors (Lipinski definition) is 7. The fourth-order valence-electron chi connectivity index (χ4n) is 4.24. The minimum absolute atomic E-state index is 0.121. The Morgan fingerprint density at radius 2 is 1.94 bits per heavy atom. The second-order valence-corrected chi connectivity index (χ2v) is 10.3. The minimum Gasteiger partial charge on any atom is -0.458 e. The van der Waals surface area contributed by atoms with E-state index in [0.29, 0.717) is 5.52 Å². The molecule has 0 aliphatic carbocycles. The molecule has 34 heavy (non-hydrogen) atoms. The van der Waals surface area contributed by atoms with Crippen LogP contribution in [0.15, 0.2) is 40.1 Å². The molecule has 9 heteroatoms. The van der Waals surface area contributed by atoms with Crippen molar-refractivity contribution in [3.05, 3.63) is 68.1 Å². The monoisotopic (exact) mass is 480 g/mol. The van der Waals surface area contributed by atoms with Gasteiger partial charge < -0.3 is 4.74 Å². The van der Waals surface area contributed by atoms with Crippen LogP contribution in [-0.4, -0.2) is 30.1 Å². The van der Waals surface area contributed by atoms with Crippen LogP contribution in [0.2, 0.25) is 0 Å². The summed E-state index contributed by atoms with van der Waals surface area (Å²) in [4.78, 5) is 44.3. The van der Waals surface area contributed by atoms with Crippen LogP contribution >= 0.6 is 11.5 Å². The fourth-order valence-corrected chi connectivity index (χ4v) is 5.21. The molecular weight excluding hydrogens is 452 g/mol. The van der Waals surface area contributed by atoms with Crippen LogP contribution in [0.3, 0.4) is 0 Å². The van der Waals surface area contributed by atoms with Crippen molar-refractivity contribution in [1.82, 2.24) is 18.5 Å². The Kier molecular flexibility index (Phi) is 6.16. The predicted molar refractivity (Wildman–Crippen MR) is 134 cm³/mol. The van der Waals surface area contributed by atoms with Crippen molar-refractivity contribution in [1.29, 1.82) is 0 Å². The van der Waals surface area contributed by atoms with Gasteiger partial charge in [-0.15, -0.1) is 0 Å². The molecule has 0 saturated heterocycles. The average molecular weight is 481 g/mol. The number of carbonyl (C=O) groups is 1. The number of rotatable bonds is 5. The van der Waals surface area contributed by atoms with Gasteiger partial charge in [0.1, 0.15) is 11.6 Å². The maximum atomic E-state index is 13.7. The second-order valence-electron chi connectivity index (χ2n) is 9.46. The summed E-state index contributed by atoms with van der Waals surface area (Å²) in [5.41, 5.74) is 1.53. The van der Waals surface area contributed by atoms with Crippen molar-refractivity contribution >= 4 is 38.6 Å². The minimum atomic E-state index is -1.06. The van der Waals surface area contributed by atoms with Gasteiger partial charge in [0.05, 0.1) is 22.5 Å². The lowest BCUT2D eigenvalue weighted by molar-refractivity contribution is -0.159. The quantitative estimate of drug-likeness (QED) is 0.399. The summed E-state index contributed by atoms with van der Waals surface area (Å²) in [5, 5.41) is 0.997. The molecule has 0 radical (unpaired) electrons. The molecule has 0 spiro atoms. The van der Waals surface area contributed by atoms with Gasteiger partial charge in [0, 0.05) is 11.6 Å². The van der Waals surface area contributed by atoms with Gasteiger partial charge in [-0.1, -0.05) is 13.0 Å². The summed E-state index contributed by atoms with van der Waals surface area (Å²) >= 11 is 1.38. The van der Waals surface area contributed by atoms with Gasteiger partial charge in [-0.05, 0) is 81.9 Å². The standard InChI is InChI=1S/C25H28N4O4S/c1-7-17(23(31)33-25(4,5)6)29-22(30)21-18(9-8-10-26-21)28(24(29)32)13-16-20-15(3)11-14(2)12-19(20)34-27-16/h8-12,17H,7,13H2,1-6H3. The normalized spacial score (nSPS) is 12.9. The van der Waals surface area contributed by atoms with Gasteiger partial charge in [-0.25, -0.2) is 19.1 Å². The zero-order valence-electron chi connectivity index (χ0n) is 20.2. The summed E-state index contributed by atoms with van der Waals surface area (Å²) in [7, 11) is 0. The molecular formula is C25H28N4O4S. The first-order valence-electron chi connectivity index (χ1n) is 11.2. The third kappa shape index (κ3) is 4.27. The summed E-state index contributed by atoms with van der Waals surface area (Å²) in [6.07, 6.45) is 1.73. The van der Waals surface area contributed by atoms with Gasteiger partial charge >= 0.3 is 11.7 Å². The summed E-state index contributed by atoms with van der Waals surface area (Å²) in [6, 6.07) is 6.46. The predicted octanol–water partition coefficient (Wildman–Crippen LogP) is 4.13. The fraction of sp³-hybridized carbons (Fsp3) is 0.400. The van der Waals surface area contributed by atoms with Crippen molar-refractivity contribution in [2.24, 2.45) is 0 Å². The van der Waals surface area contributed by atoms with Crippen LogP contribution in [0.4, 0.5) is 0 Å². The third-order valence-electron chi connectivity index (χ3n) is 5.61. The Hall–Kier alpha value is -3.33. The molecule has 0 bridgehead atoms. The molecule has 0 N–H and O–H groups in total. The van der Waals surface area contributed by atoms with Crippen LogP contribution in [0.25, 0.3) is 21.1 Å². The first-order valence-corrected chi connectivity index (χ1v) is 12.0. The Bertz CT molecular complexity index is 1520. The Labute approximate surface area is 201 Å². The maximum Gasteiger partial charge on any atom is 0.332 e. The lowest BCUT2D eigenvalue weighted by atomic mass is 10.1. The van der Waals surface area contributed by atoms with Crippen molar-refractivity contribution < 1.29 is 9.53 Å². The molecule has 1 atom stereocenters. The number of ether oxygens (including phenoxy) is 1. The van der Waals surface area contributed by atoms with E-state index in [1.165, 1.54) is 22.3 Å². The van der Waals surface area contributed by atoms with E-state index in [9.17, 15) is 14.4 Å². The number of nitrogens with zero attached hydrogens (tertiary/aromatic N) is 4. The molecule has 1 unspecified atom stereocenters. The largest absolute Gasteiger partial charge is 0.458 e. The molecule has 8 nitrogen and oxygen atoms in total. The topological polar surface area (TPSA) is 96.1 Å². The molecule has 4 rings (SSSR count). The van der Waals surface area contributed by atoms with Crippen molar-refractivity contribution in [3.8, 4) is 0 Å². The van der Waals surface area contributed by atoms with Crippen molar-refractivity contribution in [2.45, 2.75) is 66.2 Å². The highest BCUT2D eigenvalue weighted by Gasteiger charge is 2.30. The molecule has 3 heterocycles. The molecule has 0 amide bonds. The smallest absolute Gasteiger partial charge is 0.332 e. The summed E-state index contributed by atoms with van der Waals surface area (Å²) in [5.74, 6) is -0.624. The molecule has 0 fully saturated rings. The van der Waals surface area contributed by atoms with Crippen LogP contribution in [0.1, 0.15) is 57.0 Å². The molecule has 0 aliphatic rings. The first-order chi connectivity index (χ1) is 16.0. The SMILES string of the molecule is CCC(C(=O)OC(C)(C)C)n1c(=O)c2ncccc2n(Cc2nsc3cc(C)cc(C)c23)c1=O. The highest BCUT2D eigenvalue weighted by Crippen LogP contribution is 2.28. The summed E-state index contributed by atoms with van der Waals surface area (Å²) < 4.78 is 13.6. The number of benzene rings is 1. The molecule has 3 aromatic heterocycles. The first kappa shape index (κ1) is 23.8. The van der Waals surface area contributed by atoms with E-state index in [0.717, 1.165) is 31.5 Å². The lowest BCUT2D eigenvalue weighted by Gasteiger charge is -2.24. The lowest BCUT2D eigenvalue weighted by Crippen LogP contribution is -2.46.